The number of nitrogens with zero attached hydrogens (tertiary/aromatic N) is 1. The van der Waals surface area contributed by atoms with E-state index in [1.165, 1.54) is 30.0 Å². The molecule has 0 heterocycles. The van der Waals surface area contributed by atoms with Crippen molar-refractivity contribution in [1.82, 2.24) is 0 Å². The van der Waals surface area contributed by atoms with E-state index in [-0.39, 0.29) is 12.5 Å². The lowest BCUT2D eigenvalue weighted by molar-refractivity contribution is -0.120. The molecule has 2 aromatic rings. The molecule has 0 radical (unpaired) electrons. The van der Waals surface area contributed by atoms with E-state index in [4.69, 9.17) is 11.6 Å². The van der Waals surface area contributed by atoms with E-state index in [2.05, 4.69) is 5.32 Å². The molecule has 0 bridgehead atoms. The molecular weight excluding hydrogens is 319 g/mol. The molecule has 0 aromatic heterocycles. The van der Waals surface area contributed by atoms with Crippen LogP contribution in [0.15, 0.2) is 42.5 Å². The molecule has 0 aliphatic rings. The summed E-state index contributed by atoms with van der Waals surface area (Å²) in [4.78, 5) is 25.2. The fourth-order valence-electron chi connectivity index (χ4n) is 2.09. The SMILES string of the molecule is CC(=O)N(CC(=O)Nc1cc(Cl)ccc1C)c1cccc(F)c1. The second-order valence-electron chi connectivity index (χ2n) is 5.09. The third-order valence-corrected chi connectivity index (χ3v) is 3.51. The molecule has 0 fully saturated rings. The number of amides is 2. The van der Waals surface area contributed by atoms with Crippen LogP contribution in [0.5, 0.6) is 0 Å². The summed E-state index contributed by atoms with van der Waals surface area (Å²) in [6, 6.07) is 10.7. The van der Waals surface area contributed by atoms with Gasteiger partial charge in [-0.2, -0.15) is 0 Å². The van der Waals surface area contributed by atoms with Crippen LogP contribution in [0, 0.1) is 12.7 Å². The number of carbonyl (C=O) groups excluding carboxylic acids is 2. The highest BCUT2D eigenvalue weighted by atomic mass is 35.5. The zero-order chi connectivity index (χ0) is 17.0. The normalized spacial score (nSPS) is 10.3. The first kappa shape index (κ1) is 17.0. The average Bonchev–Trinajstić information content (AvgIpc) is 2.48. The van der Waals surface area contributed by atoms with Crippen molar-refractivity contribution >= 4 is 34.8 Å². The van der Waals surface area contributed by atoms with Crippen molar-refractivity contribution < 1.29 is 14.0 Å². The minimum absolute atomic E-state index is 0.218. The molecule has 2 amide bonds. The summed E-state index contributed by atoms with van der Waals surface area (Å²) in [6.45, 7) is 2.94. The maximum absolute atomic E-state index is 13.3. The van der Waals surface area contributed by atoms with Crippen LogP contribution >= 0.6 is 11.6 Å². The fourth-order valence-corrected chi connectivity index (χ4v) is 2.26. The van der Waals surface area contributed by atoms with Gasteiger partial charge in [-0.1, -0.05) is 23.7 Å². The maximum Gasteiger partial charge on any atom is 0.244 e. The molecule has 0 unspecified atom stereocenters. The van der Waals surface area contributed by atoms with Gasteiger partial charge >= 0.3 is 0 Å². The van der Waals surface area contributed by atoms with Crippen LogP contribution in [0.4, 0.5) is 15.8 Å². The van der Waals surface area contributed by atoms with E-state index in [0.29, 0.717) is 16.4 Å². The molecule has 0 spiro atoms. The number of nitrogens with one attached hydrogen (secondary N) is 1. The molecular formula is C17H16ClFN2O2. The minimum atomic E-state index is -0.472. The highest BCUT2D eigenvalue weighted by Crippen LogP contribution is 2.21. The van der Waals surface area contributed by atoms with Crippen molar-refractivity contribution in [2.75, 3.05) is 16.8 Å². The lowest BCUT2D eigenvalue weighted by Gasteiger charge is -2.21. The zero-order valence-electron chi connectivity index (χ0n) is 12.8. The van der Waals surface area contributed by atoms with E-state index >= 15 is 0 Å². The van der Waals surface area contributed by atoms with E-state index in [0.717, 1.165) is 5.56 Å². The van der Waals surface area contributed by atoms with Crippen LogP contribution in [0.1, 0.15) is 12.5 Å². The van der Waals surface area contributed by atoms with E-state index in [9.17, 15) is 14.0 Å². The number of hydrogen-bond acceptors (Lipinski definition) is 2. The molecule has 2 aromatic carbocycles. The van der Waals surface area contributed by atoms with Crippen LogP contribution in [-0.4, -0.2) is 18.4 Å². The van der Waals surface area contributed by atoms with Crippen LogP contribution in [-0.2, 0) is 9.59 Å². The smallest absolute Gasteiger partial charge is 0.244 e. The van der Waals surface area contributed by atoms with Gasteiger partial charge in [0.1, 0.15) is 12.4 Å². The van der Waals surface area contributed by atoms with Crippen molar-refractivity contribution in [2.24, 2.45) is 0 Å². The highest BCUT2D eigenvalue weighted by Gasteiger charge is 2.17. The summed E-state index contributed by atoms with van der Waals surface area (Å²) in [5.74, 6) is -1.22. The second-order valence-corrected chi connectivity index (χ2v) is 5.53. The van der Waals surface area contributed by atoms with Gasteiger partial charge in [0, 0.05) is 23.3 Å². The summed E-state index contributed by atoms with van der Waals surface area (Å²) in [6.07, 6.45) is 0. The molecule has 0 aliphatic heterocycles. The van der Waals surface area contributed by atoms with Crippen molar-refractivity contribution in [3.05, 3.63) is 58.9 Å². The zero-order valence-corrected chi connectivity index (χ0v) is 13.5. The van der Waals surface area contributed by atoms with Gasteiger partial charge < -0.3 is 10.2 Å². The Morgan fingerprint density at radius 1 is 1.22 bits per heavy atom. The minimum Gasteiger partial charge on any atom is -0.324 e. The van der Waals surface area contributed by atoms with E-state index < -0.39 is 11.7 Å². The third kappa shape index (κ3) is 4.53. The van der Waals surface area contributed by atoms with Gasteiger partial charge in [0.05, 0.1) is 0 Å². The lowest BCUT2D eigenvalue weighted by Crippen LogP contribution is -2.36. The van der Waals surface area contributed by atoms with Crippen LogP contribution in [0.25, 0.3) is 0 Å². The fraction of sp³-hybridized carbons (Fsp3) is 0.176. The van der Waals surface area contributed by atoms with E-state index in [1.54, 1.807) is 24.3 Å². The van der Waals surface area contributed by atoms with Gasteiger partial charge in [0.25, 0.3) is 0 Å². The molecule has 23 heavy (non-hydrogen) atoms. The predicted octanol–water partition coefficient (Wildman–Crippen LogP) is 3.78. The van der Waals surface area contributed by atoms with Gasteiger partial charge in [-0.15, -0.1) is 0 Å². The Labute approximate surface area is 138 Å². The molecule has 0 atom stereocenters. The molecule has 1 N–H and O–H groups in total. The van der Waals surface area contributed by atoms with Crippen LogP contribution in [0.3, 0.4) is 0 Å². The largest absolute Gasteiger partial charge is 0.324 e. The molecule has 4 nitrogen and oxygen atoms in total. The Balaban J connectivity index is 2.15. The summed E-state index contributed by atoms with van der Waals surface area (Å²) in [5.41, 5.74) is 1.75. The van der Waals surface area contributed by atoms with Crippen molar-refractivity contribution in [1.29, 1.82) is 0 Å². The molecule has 0 saturated heterocycles. The predicted molar refractivity (Wildman–Crippen MR) is 89.2 cm³/mol. The number of aryl methyl sites for hydroxylation is 1. The monoisotopic (exact) mass is 334 g/mol. The summed E-state index contributed by atoms with van der Waals surface area (Å²) < 4.78 is 13.3. The van der Waals surface area contributed by atoms with Crippen LogP contribution in [0.2, 0.25) is 5.02 Å². The number of benzene rings is 2. The number of hydrogen-bond donors (Lipinski definition) is 1. The third-order valence-electron chi connectivity index (χ3n) is 3.28. The van der Waals surface area contributed by atoms with E-state index in [1.807, 2.05) is 6.92 Å². The second kappa shape index (κ2) is 7.24. The molecule has 6 heteroatoms. The first-order valence-corrected chi connectivity index (χ1v) is 7.34. The topological polar surface area (TPSA) is 49.4 Å². The van der Waals surface area contributed by atoms with Crippen molar-refractivity contribution in [2.45, 2.75) is 13.8 Å². The first-order valence-electron chi connectivity index (χ1n) is 6.96. The summed E-state index contributed by atoms with van der Waals surface area (Å²) >= 11 is 5.91. The van der Waals surface area contributed by atoms with Gasteiger partial charge in [0.2, 0.25) is 11.8 Å². The number of anilines is 2. The Kier molecular flexibility index (Phi) is 5.34. The van der Waals surface area contributed by atoms with Gasteiger partial charge in [-0.25, -0.2) is 4.39 Å². The summed E-state index contributed by atoms with van der Waals surface area (Å²) in [5, 5.41) is 3.21. The van der Waals surface area contributed by atoms with Gasteiger partial charge in [0.15, 0.2) is 0 Å². The summed E-state index contributed by atoms with van der Waals surface area (Å²) in [7, 11) is 0. The Morgan fingerprint density at radius 2 is 1.96 bits per heavy atom. The molecule has 0 aliphatic carbocycles. The number of rotatable bonds is 4. The molecule has 120 valence electrons. The number of halogens is 2. The highest BCUT2D eigenvalue weighted by molar-refractivity contribution is 6.31. The quantitative estimate of drug-likeness (QED) is 0.925. The van der Waals surface area contributed by atoms with Crippen molar-refractivity contribution in [3.63, 3.8) is 0 Å². The standard InChI is InChI=1S/C17H16ClFN2O2/c1-11-6-7-13(18)8-16(11)20-17(23)10-21(12(2)22)15-5-3-4-14(19)9-15/h3-9H,10H2,1-2H3,(H,20,23). The Bertz CT molecular complexity index is 749. The maximum atomic E-state index is 13.3. The Morgan fingerprint density at radius 3 is 2.61 bits per heavy atom. The van der Waals surface area contributed by atoms with Crippen molar-refractivity contribution in [3.8, 4) is 0 Å². The first-order chi connectivity index (χ1) is 10.9. The molecule has 0 saturated carbocycles. The van der Waals surface area contributed by atoms with Crippen LogP contribution < -0.4 is 10.2 Å². The Hall–Kier alpha value is -2.40. The van der Waals surface area contributed by atoms with Gasteiger partial charge in [-0.05, 0) is 42.8 Å². The average molecular weight is 335 g/mol. The lowest BCUT2D eigenvalue weighted by atomic mass is 10.2. The number of carbonyl (C=O) groups is 2. The molecule has 2 rings (SSSR count). The van der Waals surface area contributed by atoms with Gasteiger partial charge in [-0.3, -0.25) is 9.59 Å².